The van der Waals surface area contributed by atoms with Crippen molar-refractivity contribution >= 4 is 44.4 Å². The highest BCUT2D eigenvalue weighted by Gasteiger charge is 2.34. The molecule has 0 saturated carbocycles. The van der Waals surface area contributed by atoms with Crippen molar-refractivity contribution in [2.45, 2.75) is 24.7 Å². The molecule has 4 rings (SSSR count). The van der Waals surface area contributed by atoms with Crippen molar-refractivity contribution in [3.63, 3.8) is 0 Å². The number of piperidine rings is 1. The molecule has 0 spiro atoms. The van der Waals surface area contributed by atoms with E-state index < -0.39 is 15.9 Å². The lowest BCUT2D eigenvalue weighted by molar-refractivity contribution is -0.120. The van der Waals surface area contributed by atoms with Crippen molar-refractivity contribution in [3.8, 4) is 0 Å². The number of nitrogens with zero attached hydrogens (tertiary/aromatic N) is 3. The summed E-state index contributed by atoms with van der Waals surface area (Å²) in [5, 5.41) is 2.94. The number of anilines is 1. The van der Waals surface area contributed by atoms with Gasteiger partial charge < -0.3 is 5.32 Å². The monoisotopic (exact) mass is 416 g/mol. The van der Waals surface area contributed by atoms with E-state index >= 15 is 0 Å². The molecule has 7 nitrogen and oxygen atoms in total. The van der Waals surface area contributed by atoms with Crippen molar-refractivity contribution in [2.24, 2.45) is 5.92 Å². The van der Waals surface area contributed by atoms with Gasteiger partial charge >= 0.3 is 0 Å². The molecule has 0 unspecified atom stereocenters. The number of nitrogens with one attached hydrogen (secondary N) is 1. The maximum atomic E-state index is 13.2. The Kier molecular flexibility index (Phi) is 5.13. The van der Waals surface area contributed by atoms with Gasteiger partial charge in [0.1, 0.15) is 15.9 Å². The van der Waals surface area contributed by atoms with E-state index in [9.17, 15) is 13.2 Å². The Morgan fingerprint density at radius 3 is 2.82 bits per heavy atom. The Balaban J connectivity index is 1.55. The van der Waals surface area contributed by atoms with Gasteiger partial charge in [-0.05, 0) is 43.5 Å². The van der Waals surface area contributed by atoms with Crippen molar-refractivity contribution in [2.75, 3.05) is 18.4 Å². The van der Waals surface area contributed by atoms with Crippen LogP contribution in [0.15, 0.2) is 47.4 Å². The van der Waals surface area contributed by atoms with E-state index in [-0.39, 0.29) is 17.3 Å². The lowest BCUT2D eigenvalue weighted by atomic mass is 9.98. The predicted molar refractivity (Wildman–Crippen MR) is 109 cm³/mol. The van der Waals surface area contributed by atoms with Crippen LogP contribution in [0.5, 0.6) is 0 Å². The highest BCUT2D eigenvalue weighted by molar-refractivity contribution is 7.89. The number of benzene rings is 2. The molecule has 1 aliphatic heterocycles. The van der Waals surface area contributed by atoms with Crippen LogP contribution in [-0.2, 0) is 14.8 Å². The molecule has 3 aromatic rings. The van der Waals surface area contributed by atoms with E-state index in [1.165, 1.54) is 4.31 Å². The van der Waals surface area contributed by atoms with Crippen LogP contribution in [0.25, 0.3) is 11.0 Å². The van der Waals surface area contributed by atoms with Gasteiger partial charge in [0.05, 0.1) is 17.6 Å². The van der Waals surface area contributed by atoms with Gasteiger partial charge in [0.25, 0.3) is 0 Å². The number of rotatable bonds is 4. The molecule has 0 aliphatic carbocycles. The van der Waals surface area contributed by atoms with Crippen LogP contribution in [0.1, 0.15) is 18.4 Å². The molecule has 1 saturated heterocycles. The van der Waals surface area contributed by atoms with Gasteiger partial charge in [-0.2, -0.15) is 13.1 Å². The number of aryl methyl sites for hydroxylation is 1. The highest BCUT2D eigenvalue weighted by Crippen LogP contribution is 2.28. The summed E-state index contributed by atoms with van der Waals surface area (Å²) >= 11 is 0.991. The lowest BCUT2D eigenvalue weighted by Gasteiger charge is -2.31. The third-order valence-corrected chi connectivity index (χ3v) is 7.46. The van der Waals surface area contributed by atoms with Crippen molar-refractivity contribution in [3.05, 3.63) is 48.0 Å². The molecule has 1 N–H and O–H groups in total. The second-order valence-corrected chi connectivity index (χ2v) is 9.33. The van der Waals surface area contributed by atoms with Crippen LogP contribution < -0.4 is 5.32 Å². The fourth-order valence-corrected chi connectivity index (χ4v) is 5.73. The molecule has 1 aliphatic rings. The molecule has 9 heteroatoms. The minimum absolute atomic E-state index is 0.150. The normalized spacial score (nSPS) is 18.2. The first-order chi connectivity index (χ1) is 13.5. The summed E-state index contributed by atoms with van der Waals surface area (Å²) in [6, 6.07) is 12.5. The van der Waals surface area contributed by atoms with Gasteiger partial charge in [0.2, 0.25) is 15.9 Å². The summed E-state index contributed by atoms with van der Waals surface area (Å²) < 4.78 is 36.1. The van der Waals surface area contributed by atoms with Crippen molar-refractivity contribution in [1.29, 1.82) is 0 Å². The lowest BCUT2D eigenvalue weighted by Crippen LogP contribution is -2.43. The molecular formula is C19H20N4O3S2. The van der Waals surface area contributed by atoms with Crippen LogP contribution in [0.3, 0.4) is 0 Å². The third-order valence-electron chi connectivity index (χ3n) is 5.02. The van der Waals surface area contributed by atoms with Crippen LogP contribution in [0.4, 0.5) is 5.69 Å². The standard InChI is InChI=1S/C19H20N4O3S2/c1-13-6-2-3-8-15(13)20-19(24)14-7-5-11-23(12-14)28(25,26)17-10-4-9-16-18(17)22-27-21-16/h2-4,6,8-10,14H,5,7,11-12H2,1H3,(H,20,24)/t14-/m1/s1. The molecular weight excluding hydrogens is 396 g/mol. The molecule has 1 fully saturated rings. The number of carbonyl (C=O) groups is 1. The molecule has 0 radical (unpaired) electrons. The number of sulfonamides is 1. The summed E-state index contributed by atoms with van der Waals surface area (Å²) in [6.45, 7) is 2.48. The van der Waals surface area contributed by atoms with Gasteiger partial charge in [0.15, 0.2) is 0 Å². The van der Waals surface area contributed by atoms with Crippen LogP contribution >= 0.6 is 11.7 Å². The van der Waals surface area contributed by atoms with E-state index in [0.29, 0.717) is 30.4 Å². The van der Waals surface area contributed by atoms with Crippen LogP contribution in [0.2, 0.25) is 0 Å². The van der Waals surface area contributed by atoms with Gasteiger partial charge in [-0.3, -0.25) is 4.79 Å². The molecule has 146 valence electrons. The fraction of sp³-hybridized carbons (Fsp3) is 0.316. The van der Waals surface area contributed by atoms with Gasteiger partial charge in [0, 0.05) is 18.8 Å². The first-order valence-corrected chi connectivity index (χ1v) is 11.2. The maximum absolute atomic E-state index is 13.2. The first kappa shape index (κ1) is 19.0. The zero-order valence-corrected chi connectivity index (χ0v) is 17.0. The van der Waals surface area contributed by atoms with E-state index in [1.807, 2.05) is 31.2 Å². The summed E-state index contributed by atoms with van der Waals surface area (Å²) in [4.78, 5) is 12.9. The zero-order valence-electron chi connectivity index (χ0n) is 15.3. The second-order valence-electron chi connectivity index (χ2n) is 6.89. The topological polar surface area (TPSA) is 92.3 Å². The van der Waals surface area contributed by atoms with E-state index in [4.69, 9.17) is 0 Å². The minimum Gasteiger partial charge on any atom is -0.326 e. The number of hydrogen-bond acceptors (Lipinski definition) is 6. The Hall–Kier alpha value is -2.36. The maximum Gasteiger partial charge on any atom is 0.245 e. The minimum atomic E-state index is -3.75. The van der Waals surface area contributed by atoms with Crippen LogP contribution in [0, 0.1) is 12.8 Å². The summed E-state index contributed by atoms with van der Waals surface area (Å²) in [5.74, 6) is -0.543. The molecule has 0 bridgehead atoms. The van der Waals surface area contributed by atoms with E-state index in [2.05, 4.69) is 14.1 Å². The van der Waals surface area contributed by atoms with Crippen molar-refractivity contribution < 1.29 is 13.2 Å². The number of aromatic nitrogens is 2. The Morgan fingerprint density at radius 2 is 2.00 bits per heavy atom. The molecule has 1 aromatic heterocycles. The summed E-state index contributed by atoms with van der Waals surface area (Å²) in [6.07, 6.45) is 1.29. The smallest absolute Gasteiger partial charge is 0.245 e. The van der Waals surface area contributed by atoms with Gasteiger partial charge in [-0.15, -0.1) is 0 Å². The summed E-state index contributed by atoms with van der Waals surface area (Å²) in [5.41, 5.74) is 2.68. The fourth-order valence-electron chi connectivity index (χ4n) is 3.45. The highest BCUT2D eigenvalue weighted by atomic mass is 32.2. The van der Waals surface area contributed by atoms with E-state index in [0.717, 1.165) is 23.0 Å². The van der Waals surface area contributed by atoms with Crippen molar-refractivity contribution in [1.82, 2.24) is 13.1 Å². The zero-order chi connectivity index (χ0) is 19.7. The second kappa shape index (κ2) is 7.57. The number of carbonyl (C=O) groups excluding carboxylic acids is 1. The van der Waals surface area contributed by atoms with E-state index in [1.54, 1.807) is 18.2 Å². The Morgan fingerprint density at radius 1 is 1.18 bits per heavy atom. The molecule has 2 aromatic carbocycles. The average Bonchev–Trinajstić information content (AvgIpc) is 3.18. The Bertz CT molecular complexity index is 1130. The quantitative estimate of drug-likeness (QED) is 0.706. The first-order valence-electron chi connectivity index (χ1n) is 9.05. The number of fused-ring (bicyclic) bond motifs is 1. The largest absolute Gasteiger partial charge is 0.326 e. The average molecular weight is 417 g/mol. The summed E-state index contributed by atoms with van der Waals surface area (Å²) in [7, 11) is -3.75. The van der Waals surface area contributed by atoms with Gasteiger partial charge in [-0.1, -0.05) is 24.3 Å². The molecule has 1 amide bonds. The molecule has 1 atom stereocenters. The molecule has 28 heavy (non-hydrogen) atoms. The Labute approximate surface area is 167 Å². The number of amides is 1. The molecule has 2 heterocycles. The number of hydrogen-bond donors (Lipinski definition) is 1. The predicted octanol–water partition coefficient (Wildman–Crippen LogP) is 3.04. The number of para-hydroxylation sites is 1. The van der Waals surface area contributed by atoms with Crippen LogP contribution in [-0.4, -0.2) is 40.5 Å². The third kappa shape index (κ3) is 3.52. The SMILES string of the molecule is Cc1ccccc1NC(=O)[C@@H]1CCCN(S(=O)(=O)c2cccc3nsnc23)C1. The van der Waals surface area contributed by atoms with Gasteiger partial charge in [-0.25, -0.2) is 8.42 Å².